The van der Waals surface area contributed by atoms with Gasteiger partial charge in [0, 0.05) is 6.42 Å². The second-order valence-electron chi connectivity index (χ2n) is 17.1. The Labute approximate surface area is 347 Å². The monoisotopic (exact) mass is 811 g/mol. The van der Waals surface area contributed by atoms with Gasteiger partial charge in [0.25, 0.3) is 7.82 Å². The molecule has 3 atom stereocenters. The van der Waals surface area contributed by atoms with Gasteiger partial charge in [0.15, 0.2) is 0 Å². The number of nitrogens with one attached hydrogen (secondary N) is 1. The van der Waals surface area contributed by atoms with Gasteiger partial charge in [0.05, 0.1) is 39.9 Å². The lowest BCUT2D eigenvalue weighted by atomic mass is 10.0. The van der Waals surface area contributed by atoms with Gasteiger partial charge in [-0.1, -0.05) is 179 Å². The summed E-state index contributed by atoms with van der Waals surface area (Å²) in [7, 11) is 1.24. The van der Waals surface area contributed by atoms with Crippen molar-refractivity contribution in [3.8, 4) is 0 Å². The molecule has 8 nitrogen and oxygen atoms in total. The molecule has 1 amide bonds. The van der Waals surface area contributed by atoms with Crippen LogP contribution in [0.3, 0.4) is 0 Å². The van der Waals surface area contributed by atoms with Crippen molar-refractivity contribution < 1.29 is 32.9 Å². The van der Waals surface area contributed by atoms with Crippen LogP contribution < -0.4 is 10.2 Å². The number of phosphoric ester groups is 1. The van der Waals surface area contributed by atoms with E-state index in [1.807, 2.05) is 27.2 Å². The van der Waals surface area contributed by atoms with Crippen LogP contribution in [0.4, 0.5) is 0 Å². The lowest BCUT2D eigenvalue weighted by Crippen LogP contribution is -2.45. The van der Waals surface area contributed by atoms with Gasteiger partial charge in [-0.15, -0.1) is 0 Å². The van der Waals surface area contributed by atoms with Crippen LogP contribution in [-0.4, -0.2) is 68.5 Å². The first-order chi connectivity index (χ1) is 27.0. The fourth-order valence-corrected chi connectivity index (χ4v) is 7.30. The van der Waals surface area contributed by atoms with E-state index in [0.717, 1.165) is 57.8 Å². The van der Waals surface area contributed by atoms with Crippen molar-refractivity contribution in [2.75, 3.05) is 40.9 Å². The molecule has 0 aliphatic carbocycles. The maximum atomic E-state index is 12.8. The molecule has 0 aliphatic rings. The maximum absolute atomic E-state index is 12.8. The van der Waals surface area contributed by atoms with Gasteiger partial charge in [-0.3, -0.25) is 9.36 Å². The number of quaternary nitrogens is 1. The summed E-state index contributed by atoms with van der Waals surface area (Å²) < 4.78 is 23.2. The first-order valence-electron chi connectivity index (χ1n) is 23.4. The minimum atomic E-state index is -4.60. The molecule has 0 fully saturated rings. The summed E-state index contributed by atoms with van der Waals surface area (Å²) in [5.74, 6) is -0.217. The highest BCUT2D eigenvalue weighted by atomic mass is 31.2. The molecule has 0 bridgehead atoms. The van der Waals surface area contributed by atoms with E-state index in [4.69, 9.17) is 9.05 Å². The van der Waals surface area contributed by atoms with Gasteiger partial charge in [0.1, 0.15) is 13.2 Å². The molecule has 0 aromatic heterocycles. The molecule has 2 N–H and O–H groups in total. The fraction of sp³-hybridized carbons (Fsp3) is 0.851. The van der Waals surface area contributed by atoms with Crippen LogP contribution >= 0.6 is 7.82 Å². The number of hydrogen-bond acceptors (Lipinski definition) is 6. The zero-order valence-corrected chi connectivity index (χ0v) is 38.2. The van der Waals surface area contributed by atoms with Gasteiger partial charge < -0.3 is 28.8 Å². The van der Waals surface area contributed by atoms with Crippen molar-refractivity contribution in [2.45, 2.75) is 219 Å². The van der Waals surface area contributed by atoms with Crippen molar-refractivity contribution in [1.29, 1.82) is 0 Å². The van der Waals surface area contributed by atoms with Gasteiger partial charge in [-0.05, 0) is 57.8 Å². The molecule has 0 spiro atoms. The van der Waals surface area contributed by atoms with E-state index >= 15 is 0 Å². The topological polar surface area (TPSA) is 108 Å². The number of unbranched alkanes of at least 4 members (excludes halogenated alkanes) is 25. The number of aliphatic hydroxyl groups is 1. The minimum Gasteiger partial charge on any atom is -0.756 e. The fourth-order valence-electron chi connectivity index (χ4n) is 6.57. The SMILES string of the molecule is CCCCCC/C=C\CCCCCCCC(=O)NC(COP(=O)([O-])OCC[N+](C)(C)C)C(O)/C=C/CC/C=C/CCCCCCCCCCCCCCCCC. The Balaban J connectivity index is 4.41. The molecular weight excluding hydrogens is 719 g/mol. The summed E-state index contributed by atoms with van der Waals surface area (Å²) in [6.45, 7) is 4.60. The summed E-state index contributed by atoms with van der Waals surface area (Å²) in [5, 5.41) is 13.8. The van der Waals surface area contributed by atoms with Crippen LogP contribution in [0.25, 0.3) is 0 Å². The van der Waals surface area contributed by atoms with E-state index in [9.17, 15) is 19.4 Å². The average Bonchev–Trinajstić information content (AvgIpc) is 3.15. The Morgan fingerprint density at radius 2 is 1.00 bits per heavy atom. The molecule has 0 aromatic rings. The summed E-state index contributed by atoms with van der Waals surface area (Å²) in [6, 6.07) is -0.905. The highest BCUT2D eigenvalue weighted by Crippen LogP contribution is 2.38. The van der Waals surface area contributed by atoms with Gasteiger partial charge >= 0.3 is 0 Å². The van der Waals surface area contributed by atoms with E-state index in [0.29, 0.717) is 17.4 Å². The first kappa shape index (κ1) is 54.7. The van der Waals surface area contributed by atoms with Crippen LogP contribution in [-0.2, 0) is 18.4 Å². The van der Waals surface area contributed by atoms with E-state index in [1.54, 1.807) is 6.08 Å². The summed E-state index contributed by atoms with van der Waals surface area (Å²) in [6.07, 6.45) is 47.7. The third kappa shape index (κ3) is 40.9. The van der Waals surface area contributed by atoms with Crippen molar-refractivity contribution in [3.63, 3.8) is 0 Å². The van der Waals surface area contributed by atoms with Gasteiger partial charge in [-0.2, -0.15) is 0 Å². The van der Waals surface area contributed by atoms with Crippen LogP contribution in [0.5, 0.6) is 0 Å². The van der Waals surface area contributed by atoms with Crippen molar-refractivity contribution in [2.24, 2.45) is 0 Å². The van der Waals surface area contributed by atoms with E-state index in [1.165, 1.54) is 128 Å². The van der Waals surface area contributed by atoms with Crippen LogP contribution in [0, 0.1) is 0 Å². The third-order valence-electron chi connectivity index (χ3n) is 10.3. The number of carbonyl (C=O) groups excluding carboxylic acids is 1. The number of amides is 1. The molecular formula is C47H91N2O6P. The Bertz CT molecular complexity index is 1010. The van der Waals surface area contributed by atoms with E-state index in [-0.39, 0.29) is 12.5 Å². The van der Waals surface area contributed by atoms with Crippen molar-refractivity contribution in [3.05, 3.63) is 36.5 Å². The first-order valence-corrected chi connectivity index (χ1v) is 24.8. The predicted molar refractivity (Wildman–Crippen MR) is 238 cm³/mol. The molecule has 3 unspecified atom stereocenters. The third-order valence-corrected chi connectivity index (χ3v) is 11.3. The largest absolute Gasteiger partial charge is 0.756 e. The highest BCUT2D eigenvalue weighted by molar-refractivity contribution is 7.45. The van der Waals surface area contributed by atoms with E-state index in [2.05, 4.69) is 43.5 Å². The molecule has 0 aromatic carbocycles. The smallest absolute Gasteiger partial charge is 0.268 e. The normalized spacial score (nSPS) is 14.6. The zero-order chi connectivity index (χ0) is 41.4. The Kier molecular flexibility index (Phi) is 38.3. The molecule has 0 aliphatic heterocycles. The predicted octanol–water partition coefficient (Wildman–Crippen LogP) is 12.5. The molecule has 56 heavy (non-hydrogen) atoms. The second kappa shape index (κ2) is 39.2. The van der Waals surface area contributed by atoms with Crippen molar-refractivity contribution >= 4 is 13.7 Å². The quantitative estimate of drug-likeness (QED) is 0.0275. The Hall–Kier alpha value is -1.28. The molecule has 0 saturated heterocycles. The molecule has 9 heteroatoms. The number of rotatable bonds is 42. The number of allylic oxidation sites excluding steroid dienone is 5. The molecule has 0 radical (unpaired) electrons. The molecule has 0 saturated carbocycles. The number of phosphoric acid groups is 1. The Morgan fingerprint density at radius 3 is 1.46 bits per heavy atom. The summed E-state index contributed by atoms with van der Waals surface area (Å²) in [4.78, 5) is 25.3. The van der Waals surface area contributed by atoms with Gasteiger partial charge in [0.2, 0.25) is 5.91 Å². The lowest BCUT2D eigenvalue weighted by Gasteiger charge is -2.29. The molecule has 330 valence electrons. The molecule has 0 rings (SSSR count). The maximum Gasteiger partial charge on any atom is 0.268 e. The van der Waals surface area contributed by atoms with Crippen LogP contribution in [0.1, 0.15) is 206 Å². The van der Waals surface area contributed by atoms with Crippen LogP contribution in [0.2, 0.25) is 0 Å². The van der Waals surface area contributed by atoms with E-state index < -0.39 is 26.6 Å². The zero-order valence-electron chi connectivity index (χ0n) is 37.3. The Morgan fingerprint density at radius 1 is 0.607 bits per heavy atom. The lowest BCUT2D eigenvalue weighted by molar-refractivity contribution is -0.870. The molecule has 0 heterocycles. The number of likely N-dealkylation sites (N-methyl/N-ethyl adjacent to an activating group) is 1. The number of aliphatic hydroxyl groups excluding tert-OH is 1. The van der Waals surface area contributed by atoms with Crippen molar-refractivity contribution in [1.82, 2.24) is 5.32 Å². The standard InChI is InChI=1S/C47H91N2O6P/c1-6-8-10-12-14-16-18-20-21-22-23-24-25-26-27-29-30-32-34-36-38-40-46(50)45(44-55-56(52,53)54-43-42-49(3,4)5)48-47(51)41-39-37-35-33-31-28-19-17-15-13-11-9-7-2/h17,19,30,32,38,40,45-46,50H,6-16,18,20-29,31,33-37,39,41-44H2,1-5H3,(H-,48,51,52,53)/b19-17-,32-30+,40-38+. The number of hydrogen-bond donors (Lipinski definition) is 2. The number of carbonyl (C=O) groups is 1. The highest BCUT2D eigenvalue weighted by Gasteiger charge is 2.23. The minimum absolute atomic E-state index is 0.00788. The number of nitrogens with zero attached hydrogens (tertiary/aromatic N) is 1. The average molecular weight is 811 g/mol. The summed E-state index contributed by atoms with van der Waals surface area (Å²) in [5.41, 5.74) is 0. The summed E-state index contributed by atoms with van der Waals surface area (Å²) >= 11 is 0. The van der Waals surface area contributed by atoms with Gasteiger partial charge in [-0.25, -0.2) is 0 Å². The van der Waals surface area contributed by atoms with Crippen LogP contribution in [0.15, 0.2) is 36.5 Å². The second-order valence-corrected chi connectivity index (χ2v) is 18.5.